The van der Waals surface area contributed by atoms with E-state index in [1.165, 1.54) is 23.5 Å². The Morgan fingerprint density at radius 2 is 2.00 bits per heavy atom. The van der Waals surface area contributed by atoms with Crippen LogP contribution in [0.2, 0.25) is 0 Å². The molecule has 8 nitrogen and oxygen atoms in total. The quantitative estimate of drug-likeness (QED) is 0.450. The lowest BCUT2D eigenvalue weighted by Crippen LogP contribution is -2.11. The Morgan fingerprint density at radius 1 is 1.17 bits per heavy atom. The van der Waals surface area contributed by atoms with E-state index in [1.807, 2.05) is 0 Å². The number of fused-ring (bicyclic) bond motifs is 2. The SMILES string of the molecule is O=C(Nc1nc2cc([N+](=O)[O-])ccc2s1)c1nc2ccccc2o1. The van der Waals surface area contributed by atoms with Crippen LogP contribution in [0.5, 0.6) is 0 Å². The number of oxazole rings is 1. The van der Waals surface area contributed by atoms with Gasteiger partial charge in [-0.1, -0.05) is 23.5 Å². The number of amides is 1. The summed E-state index contributed by atoms with van der Waals surface area (Å²) in [6.45, 7) is 0. The van der Waals surface area contributed by atoms with Crippen molar-refractivity contribution in [3.05, 3.63) is 58.5 Å². The second-order valence-electron chi connectivity index (χ2n) is 4.87. The van der Waals surface area contributed by atoms with E-state index in [0.717, 1.165) is 4.70 Å². The van der Waals surface area contributed by atoms with Gasteiger partial charge in [-0.3, -0.25) is 20.2 Å². The number of carbonyl (C=O) groups excluding carboxylic acids is 1. The summed E-state index contributed by atoms with van der Waals surface area (Å²) in [6.07, 6.45) is 0. The number of nitrogens with one attached hydrogen (secondary N) is 1. The lowest BCUT2D eigenvalue weighted by Gasteiger charge is -1.95. The van der Waals surface area contributed by atoms with Gasteiger partial charge in [-0.25, -0.2) is 9.97 Å². The van der Waals surface area contributed by atoms with Crippen LogP contribution >= 0.6 is 11.3 Å². The Kier molecular flexibility index (Phi) is 3.21. The van der Waals surface area contributed by atoms with Crippen LogP contribution in [0.15, 0.2) is 46.9 Å². The van der Waals surface area contributed by atoms with Gasteiger partial charge in [0.05, 0.1) is 15.1 Å². The standard InChI is InChI=1S/C15H8N4O4S/c20-13(14-16-9-3-1-2-4-11(9)23-14)18-15-17-10-7-8(19(21)22)5-6-12(10)24-15/h1-7H,(H,17,18,20). The third-order valence-electron chi connectivity index (χ3n) is 3.29. The molecule has 2 aromatic heterocycles. The Hall–Kier alpha value is -3.33. The van der Waals surface area contributed by atoms with Crippen LogP contribution in [0, 0.1) is 10.1 Å². The first-order valence-corrected chi connectivity index (χ1v) is 7.64. The number of hydrogen-bond donors (Lipinski definition) is 1. The lowest BCUT2D eigenvalue weighted by atomic mass is 10.3. The molecule has 1 amide bonds. The minimum absolute atomic E-state index is 0.0513. The van der Waals surface area contributed by atoms with Crippen molar-refractivity contribution in [3.8, 4) is 0 Å². The average Bonchev–Trinajstić information content (AvgIpc) is 3.17. The molecule has 0 aliphatic heterocycles. The molecular formula is C15H8N4O4S. The number of rotatable bonds is 3. The maximum Gasteiger partial charge on any atom is 0.313 e. The van der Waals surface area contributed by atoms with Gasteiger partial charge < -0.3 is 4.42 Å². The van der Waals surface area contributed by atoms with Crippen LogP contribution in [0.4, 0.5) is 10.8 Å². The maximum atomic E-state index is 12.2. The number of thiazole rings is 1. The third-order valence-corrected chi connectivity index (χ3v) is 4.24. The first-order valence-electron chi connectivity index (χ1n) is 6.82. The molecular weight excluding hydrogens is 332 g/mol. The molecule has 0 fully saturated rings. The van der Waals surface area contributed by atoms with E-state index < -0.39 is 10.8 Å². The molecule has 0 unspecified atom stereocenters. The zero-order valence-corrected chi connectivity index (χ0v) is 12.7. The number of aromatic nitrogens is 2. The molecule has 9 heteroatoms. The number of carbonyl (C=O) groups is 1. The minimum Gasteiger partial charge on any atom is -0.432 e. The topological polar surface area (TPSA) is 111 Å². The largest absolute Gasteiger partial charge is 0.432 e. The second kappa shape index (κ2) is 5.39. The van der Waals surface area contributed by atoms with Gasteiger partial charge >= 0.3 is 5.91 Å². The zero-order valence-electron chi connectivity index (χ0n) is 11.9. The molecule has 0 aliphatic rings. The fraction of sp³-hybridized carbons (Fsp3) is 0. The zero-order chi connectivity index (χ0) is 16.7. The van der Waals surface area contributed by atoms with Gasteiger partial charge in [-0.05, 0) is 18.2 Å². The normalized spacial score (nSPS) is 11.0. The number of nitrogens with zero attached hydrogens (tertiary/aromatic N) is 3. The van der Waals surface area contributed by atoms with Crippen LogP contribution in [-0.4, -0.2) is 20.8 Å². The number of non-ortho nitro benzene ring substituents is 1. The summed E-state index contributed by atoms with van der Waals surface area (Å²) < 4.78 is 6.12. The number of anilines is 1. The molecule has 0 saturated carbocycles. The van der Waals surface area contributed by atoms with Gasteiger partial charge in [0.2, 0.25) is 0 Å². The highest BCUT2D eigenvalue weighted by Crippen LogP contribution is 2.29. The van der Waals surface area contributed by atoms with Gasteiger partial charge in [0.25, 0.3) is 11.6 Å². The molecule has 2 heterocycles. The van der Waals surface area contributed by atoms with E-state index in [9.17, 15) is 14.9 Å². The highest BCUT2D eigenvalue weighted by atomic mass is 32.1. The molecule has 118 valence electrons. The molecule has 0 aliphatic carbocycles. The van der Waals surface area contributed by atoms with E-state index in [4.69, 9.17) is 4.42 Å². The summed E-state index contributed by atoms with van der Waals surface area (Å²) in [5, 5.41) is 13.7. The number of para-hydroxylation sites is 2. The fourth-order valence-corrected chi connectivity index (χ4v) is 3.04. The van der Waals surface area contributed by atoms with Crippen LogP contribution < -0.4 is 5.32 Å². The van der Waals surface area contributed by atoms with E-state index in [1.54, 1.807) is 30.3 Å². The molecule has 4 aromatic rings. The van der Waals surface area contributed by atoms with E-state index in [-0.39, 0.29) is 11.6 Å². The van der Waals surface area contributed by atoms with Crippen LogP contribution in [0.25, 0.3) is 21.3 Å². The first kappa shape index (κ1) is 14.3. The Bertz CT molecular complexity index is 1070. The summed E-state index contributed by atoms with van der Waals surface area (Å²) in [5.74, 6) is -0.596. The van der Waals surface area contributed by atoms with E-state index in [0.29, 0.717) is 21.7 Å². The number of nitro benzene ring substituents is 1. The minimum atomic E-state index is -0.528. The van der Waals surface area contributed by atoms with Gasteiger partial charge in [-0.2, -0.15) is 0 Å². The average molecular weight is 340 g/mol. The molecule has 0 saturated heterocycles. The Labute approximate surface area is 137 Å². The number of nitro groups is 1. The van der Waals surface area contributed by atoms with Gasteiger partial charge in [-0.15, -0.1) is 0 Å². The Morgan fingerprint density at radius 3 is 2.79 bits per heavy atom. The predicted molar refractivity (Wildman–Crippen MR) is 88.2 cm³/mol. The van der Waals surface area contributed by atoms with Crippen molar-refractivity contribution in [2.24, 2.45) is 0 Å². The monoisotopic (exact) mass is 340 g/mol. The predicted octanol–water partition coefficient (Wildman–Crippen LogP) is 3.60. The van der Waals surface area contributed by atoms with Crippen LogP contribution in [0.1, 0.15) is 10.7 Å². The number of hydrogen-bond acceptors (Lipinski definition) is 7. The summed E-state index contributed by atoms with van der Waals surface area (Å²) >= 11 is 1.21. The van der Waals surface area contributed by atoms with Crippen molar-refractivity contribution in [2.45, 2.75) is 0 Å². The highest BCUT2D eigenvalue weighted by molar-refractivity contribution is 7.22. The number of benzene rings is 2. The molecule has 2 aromatic carbocycles. The van der Waals surface area contributed by atoms with Gasteiger partial charge in [0.1, 0.15) is 5.52 Å². The summed E-state index contributed by atoms with van der Waals surface area (Å²) in [6, 6.07) is 11.4. The van der Waals surface area contributed by atoms with Gasteiger partial charge in [0.15, 0.2) is 10.7 Å². The van der Waals surface area contributed by atoms with Crippen molar-refractivity contribution in [1.82, 2.24) is 9.97 Å². The fourth-order valence-electron chi connectivity index (χ4n) is 2.20. The second-order valence-corrected chi connectivity index (χ2v) is 5.90. The summed E-state index contributed by atoms with van der Waals surface area (Å²) in [7, 11) is 0. The molecule has 24 heavy (non-hydrogen) atoms. The summed E-state index contributed by atoms with van der Waals surface area (Å²) in [4.78, 5) is 30.8. The molecule has 0 spiro atoms. The first-order chi connectivity index (χ1) is 11.6. The van der Waals surface area contributed by atoms with E-state index >= 15 is 0 Å². The van der Waals surface area contributed by atoms with Crippen molar-refractivity contribution < 1.29 is 14.1 Å². The maximum absolute atomic E-state index is 12.2. The third kappa shape index (κ3) is 2.46. The van der Waals surface area contributed by atoms with Crippen LogP contribution in [-0.2, 0) is 0 Å². The molecule has 0 radical (unpaired) electrons. The van der Waals surface area contributed by atoms with Crippen molar-refractivity contribution in [3.63, 3.8) is 0 Å². The van der Waals surface area contributed by atoms with Crippen LogP contribution in [0.3, 0.4) is 0 Å². The molecule has 1 N–H and O–H groups in total. The lowest BCUT2D eigenvalue weighted by molar-refractivity contribution is -0.384. The summed E-state index contributed by atoms with van der Waals surface area (Å²) in [5.41, 5.74) is 1.50. The molecule has 0 atom stereocenters. The van der Waals surface area contributed by atoms with Crippen molar-refractivity contribution in [2.75, 3.05) is 5.32 Å². The van der Waals surface area contributed by atoms with Gasteiger partial charge in [0, 0.05) is 12.1 Å². The smallest absolute Gasteiger partial charge is 0.313 e. The highest BCUT2D eigenvalue weighted by Gasteiger charge is 2.17. The van der Waals surface area contributed by atoms with Crippen molar-refractivity contribution >= 4 is 49.4 Å². The Balaban J connectivity index is 1.63. The van der Waals surface area contributed by atoms with E-state index in [2.05, 4.69) is 15.3 Å². The molecule has 0 bridgehead atoms. The molecule has 4 rings (SSSR count). The van der Waals surface area contributed by atoms with Crippen molar-refractivity contribution in [1.29, 1.82) is 0 Å².